The van der Waals surface area contributed by atoms with E-state index in [1.165, 1.54) is 24.3 Å². The molecule has 6 heteroatoms. The van der Waals surface area contributed by atoms with Crippen LogP contribution in [0.2, 0.25) is 0 Å². The molecule has 0 radical (unpaired) electrons. The number of hydrogen-bond acceptors (Lipinski definition) is 4. The molecular formula is C17H13NO4S. The molecule has 0 unspecified atom stereocenters. The van der Waals surface area contributed by atoms with Crippen LogP contribution < -0.4 is 5.32 Å². The smallest absolute Gasteiger partial charge is 0.291 e. The topological polar surface area (TPSA) is 76.4 Å². The fourth-order valence-electron chi connectivity index (χ4n) is 2.02. The lowest BCUT2D eigenvalue weighted by atomic mass is 10.3. The first kappa shape index (κ1) is 15.1. The zero-order chi connectivity index (χ0) is 16.3. The van der Waals surface area contributed by atoms with Gasteiger partial charge in [-0.05, 0) is 36.4 Å². The molecule has 0 atom stereocenters. The van der Waals surface area contributed by atoms with Crippen LogP contribution in [0.3, 0.4) is 0 Å². The highest BCUT2D eigenvalue weighted by atomic mass is 32.2. The number of nitrogens with one attached hydrogen (secondary N) is 1. The lowest BCUT2D eigenvalue weighted by Gasteiger charge is -2.03. The molecule has 3 aromatic rings. The predicted molar refractivity (Wildman–Crippen MR) is 85.0 cm³/mol. The van der Waals surface area contributed by atoms with Gasteiger partial charge in [0.2, 0.25) is 14.9 Å². The van der Waals surface area contributed by atoms with E-state index in [9.17, 15) is 13.2 Å². The zero-order valence-electron chi connectivity index (χ0n) is 12.0. The lowest BCUT2D eigenvalue weighted by Crippen LogP contribution is -2.10. The first-order valence-corrected chi connectivity index (χ1v) is 8.32. The number of anilines is 1. The van der Waals surface area contributed by atoms with E-state index in [0.717, 1.165) is 0 Å². The van der Waals surface area contributed by atoms with Crippen molar-refractivity contribution >= 4 is 21.4 Å². The minimum atomic E-state index is -3.77. The molecule has 1 N–H and O–H groups in total. The zero-order valence-corrected chi connectivity index (χ0v) is 12.8. The Morgan fingerprint density at radius 2 is 1.43 bits per heavy atom. The molecule has 0 aliphatic carbocycles. The molecule has 0 saturated carbocycles. The van der Waals surface area contributed by atoms with Crippen LogP contribution in [-0.4, -0.2) is 14.3 Å². The standard InChI is InChI=1S/C17H13NO4S/c19-17(18-13-7-3-1-4-8-13)15-11-12-16(22-15)23(20,21)14-9-5-2-6-10-14/h1-12H,(H,18,19). The van der Waals surface area contributed by atoms with Gasteiger partial charge in [0.1, 0.15) is 0 Å². The highest BCUT2D eigenvalue weighted by molar-refractivity contribution is 7.91. The van der Waals surface area contributed by atoms with Gasteiger partial charge >= 0.3 is 0 Å². The van der Waals surface area contributed by atoms with Crippen LogP contribution in [0.1, 0.15) is 10.6 Å². The second-order valence-corrected chi connectivity index (χ2v) is 6.64. The van der Waals surface area contributed by atoms with Crippen LogP contribution >= 0.6 is 0 Å². The third-order valence-corrected chi connectivity index (χ3v) is 4.80. The van der Waals surface area contributed by atoms with Gasteiger partial charge in [0, 0.05) is 5.69 Å². The van der Waals surface area contributed by atoms with Crippen molar-refractivity contribution in [1.29, 1.82) is 0 Å². The van der Waals surface area contributed by atoms with Gasteiger partial charge in [-0.2, -0.15) is 0 Å². The van der Waals surface area contributed by atoms with Crippen molar-refractivity contribution in [3.05, 3.63) is 78.6 Å². The highest BCUT2D eigenvalue weighted by Gasteiger charge is 2.23. The maximum atomic E-state index is 12.4. The van der Waals surface area contributed by atoms with Gasteiger partial charge in [0.25, 0.3) is 5.91 Å². The maximum Gasteiger partial charge on any atom is 0.291 e. The minimum absolute atomic E-state index is 0.0663. The van der Waals surface area contributed by atoms with Gasteiger partial charge < -0.3 is 9.73 Å². The monoisotopic (exact) mass is 327 g/mol. The fourth-order valence-corrected chi connectivity index (χ4v) is 3.21. The van der Waals surface area contributed by atoms with E-state index in [4.69, 9.17) is 4.42 Å². The second kappa shape index (κ2) is 6.10. The van der Waals surface area contributed by atoms with Gasteiger partial charge in [0.05, 0.1) is 4.90 Å². The Bertz CT molecular complexity index is 915. The molecule has 0 fully saturated rings. The van der Waals surface area contributed by atoms with E-state index in [0.29, 0.717) is 5.69 Å². The van der Waals surface area contributed by atoms with E-state index < -0.39 is 15.7 Å². The van der Waals surface area contributed by atoms with Crippen molar-refractivity contribution < 1.29 is 17.6 Å². The molecule has 5 nitrogen and oxygen atoms in total. The third kappa shape index (κ3) is 3.17. The van der Waals surface area contributed by atoms with Crippen LogP contribution in [0.4, 0.5) is 5.69 Å². The molecule has 2 aromatic carbocycles. The number of sulfone groups is 1. The van der Waals surface area contributed by atoms with Gasteiger partial charge in [-0.15, -0.1) is 0 Å². The van der Waals surface area contributed by atoms with E-state index in [1.54, 1.807) is 42.5 Å². The maximum absolute atomic E-state index is 12.4. The Hall–Kier alpha value is -2.86. The summed E-state index contributed by atoms with van der Waals surface area (Å²) < 4.78 is 30.0. The van der Waals surface area contributed by atoms with Gasteiger partial charge in [-0.25, -0.2) is 8.42 Å². The molecule has 1 heterocycles. The minimum Gasteiger partial charge on any atom is -0.439 e. The number of hydrogen-bond donors (Lipinski definition) is 1. The van der Waals surface area contributed by atoms with Crippen molar-refractivity contribution in [1.82, 2.24) is 0 Å². The number of carbonyl (C=O) groups excluding carboxylic acids is 1. The second-order valence-electron chi connectivity index (χ2n) is 4.76. The molecule has 3 rings (SSSR count). The number of carbonyl (C=O) groups is 1. The Balaban J connectivity index is 1.85. The quantitative estimate of drug-likeness (QED) is 0.797. The third-order valence-electron chi connectivity index (χ3n) is 3.16. The number of para-hydroxylation sites is 1. The number of amides is 1. The van der Waals surface area contributed by atoms with Crippen LogP contribution in [0, 0.1) is 0 Å². The van der Waals surface area contributed by atoms with Crippen molar-refractivity contribution in [2.45, 2.75) is 9.99 Å². The number of furan rings is 1. The SMILES string of the molecule is O=C(Nc1ccccc1)c1ccc(S(=O)(=O)c2ccccc2)o1. The summed E-state index contributed by atoms with van der Waals surface area (Å²) in [5, 5.41) is 2.37. The fraction of sp³-hybridized carbons (Fsp3) is 0. The molecule has 0 aliphatic heterocycles. The van der Waals surface area contributed by atoms with Gasteiger partial charge in [-0.1, -0.05) is 36.4 Å². The summed E-state index contributed by atoms with van der Waals surface area (Å²) in [6.07, 6.45) is 0. The Kier molecular flexibility index (Phi) is 3.99. The molecule has 116 valence electrons. The average molecular weight is 327 g/mol. The highest BCUT2D eigenvalue weighted by Crippen LogP contribution is 2.23. The Morgan fingerprint density at radius 1 is 0.826 bits per heavy atom. The largest absolute Gasteiger partial charge is 0.439 e. The van der Waals surface area contributed by atoms with Gasteiger partial charge in [-0.3, -0.25) is 4.79 Å². The van der Waals surface area contributed by atoms with Crippen molar-refractivity contribution in [2.24, 2.45) is 0 Å². The molecule has 0 saturated heterocycles. The Morgan fingerprint density at radius 3 is 2.09 bits per heavy atom. The Labute approximate surface area is 133 Å². The molecule has 0 aliphatic rings. The molecule has 0 bridgehead atoms. The summed E-state index contributed by atoms with van der Waals surface area (Å²) in [5.74, 6) is -0.575. The first-order chi connectivity index (χ1) is 11.1. The summed E-state index contributed by atoms with van der Waals surface area (Å²) >= 11 is 0. The van der Waals surface area contributed by atoms with Crippen LogP contribution in [0.15, 0.2) is 87.2 Å². The molecular weight excluding hydrogens is 314 g/mol. The number of rotatable bonds is 4. The van der Waals surface area contributed by atoms with E-state index in [1.807, 2.05) is 6.07 Å². The van der Waals surface area contributed by atoms with Gasteiger partial charge in [0.15, 0.2) is 5.76 Å². The summed E-state index contributed by atoms with van der Waals surface area (Å²) in [6.45, 7) is 0. The van der Waals surface area contributed by atoms with E-state index >= 15 is 0 Å². The molecule has 23 heavy (non-hydrogen) atoms. The van der Waals surface area contributed by atoms with E-state index in [-0.39, 0.29) is 15.7 Å². The first-order valence-electron chi connectivity index (χ1n) is 6.84. The molecule has 1 aromatic heterocycles. The average Bonchev–Trinajstić information content (AvgIpc) is 3.07. The van der Waals surface area contributed by atoms with Crippen molar-refractivity contribution in [3.63, 3.8) is 0 Å². The van der Waals surface area contributed by atoms with Crippen molar-refractivity contribution in [2.75, 3.05) is 5.32 Å². The predicted octanol–water partition coefficient (Wildman–Crippen LogP) is 3.36. The van der Waals surface area contributed by atoms with Crippen LogP contribution in [-0.2, 0) is 9.84 Å². The van der Waals surface area contributed by atoms with Crippen LogP contribution in [0.5, 0.6) is 0 Å². The van der Waals surface area contributed by atoms with Crippen molar-refractivity contribution in [3.8, 4) is 0 Å². The molecule has 0 spiro atoms. The van der Waals surface area contributed by atoms with Crippen LogP contribution in [0.25, 0.3) is 0 Å². The summed E-state index contributed by atoms with van der Waals surface area (Å²) in [7, 11) is -3.77. The summed E-state index contributed by atoms with van der Waals surface area (Å²) in [6, 6.07) is 19.4. The lowest BCUT2D eigenvalue weighted by molar-refractivity contribution is 0.0991. The number of benzene rings is 2. The molecule has 1 amide bonds. The summed E-state index contributed by atoms with van der Waals surface area (Å²) in [4.78, 5) is 12.2. The van der Waals surface area contributed by atoms with E-state index in [2.05, 4.69) is 5.32 Å². The summed E-state index contributed by atoms with van der Waals surface area (Å²) in [5.41, 5.74) is 0.598. The normalized spacial score (nSPS) is 11.1.